The molecule has 0 fully saturated rings. The van der Waals surface area contributed by atoms with Crippen LogP contribution in [-0.2, 0) is 21.6 Å². The zero-order valence-electron chi connectivity index (χ0n) is 7.28. The van der Waals surface area contributed by atoms with Gasteiger partial charge in [-0.2, -0.15) is 0 Å². The predicted molar refractivity (Wildman–Crippen MR) is 62.8 cm³/mol. The van der Waals surface area contributed by atoms with Crippen LogP contribution in [0.1, 0.15) is 0 Å². The Bertz CT molecular complexity index is 142. The fourth-order valence-electron chi connectivity index (χ4n) is 0.421. The molecule has 6 heteroatoms. The van der Waals surface area contributed by atoms with Crippen molar-refractivity contribution in [3.05, 3.63) is 0 Å². The van der Waals surface area contributed by atoms with Crippen molar-refractivity contribution in [2.24, 2.45) is 0 Å². The Morgan fingerprint density at radius 3 is 1.50 bits per heavy atom. The highest BCUT2D eigenvalue weighted by molar-refractivity contribution is 8.76. The monoisotopic (exact) mass is 246 g/mol. The van der Waals surface area contributed by atoms with Gasteiger partial charge >= 0.3 is 0 Å². The maximum absolute atomic E-state index is 10.6. The first-order valence-electron chi connectivity index (χ1n) is 3.47. The van der Waals surface area contributed by atoms with Crippen molar-refractivity contribution in [3.63, 3.8) is 0 Å². The van der Waals surface area contributed by atoms with E-state index in [4.69, 9.17) is 0 Å². The molecular formula is C6H14O2S4. The summed E-state index contributed by atoms with van der Waals surface area (Å²) in [6.45, 7) is 0. The van der Waals surface area contributed by atoms with Crippen molar-refractivity contribution >= 4 is 43.2 Å². The highest BCUT2D eigenvalue weighted by Gasteiger charge is 1.94. The summed E-state index contributed by atoms with van der Waals surface area (Å²) >= 11 is 0. The van der Waals surface area contributed by atoms with Crippen molar-refractivity contribution in [2.45, 2.75) is 0 Å². The van der Waals surface area contributed by atoms with E-state index in [1.54, 1.807) is 34.1 Å². The lowest BCUT2D eigenvalue weighted by molar-refractivity contribution is 0.686. The highest BCUT2D eigenvalue weighted by Crippen LogP contribution is 2.20. The molecule has 0 N–H and O–H groups in total. The summed E-state index contributed by atoms with van der Waals surface area (Å²) in [4.78, 5) is 0. The zero-order chi connectivity index (χ0) is 9.40. The van der Waals surface area contributed by atoms with E-state index in [9.17, 15) is 8.42 Å². The number of hydrogen-bond acceptors (Lipinski definition) is 4. The largest absolute Gasteiger partial charge is 0.260 e. The summed E-state index contributed by atoms with van der Waals surface area (Å²) in [5.74, 6) is 3.36. The Hall–Kier alpha value is 1.000. The minimum atomic E-state index is -0.674. The molecule has 0 amide bonds. The summed E-state index contributed by atoms with van der Waals surface area (Å²) in [6.07, 6.45) is 3.43. The number of rotatable bonds is 7. The Labute approximate surface area is 87.0 Å². The molecule has 0 aromatic rings. The standard InChI is InChI=1S/C6H14O2S4/c1-11(7)5-3-9-10-4-6-12(2)8/h3-6H2,1-2H3. The zero-order valence-corrected chi connectivity index (χ0v) is 10.5. The van der Waals surface area contributed by atoms with Crippen LogP contribution >= 0.6 is 21.6 Å². The van der Waals surface area contributed by atoms with Gasteiger partial charge < -0.3 is 0 Å². The minimum absolute atomic E-state index is 0.674. The van der Waals surface area contributed by atoms with E-state index in [1.807, 2.05) is 0 Å². The maximum atomic E-state index is 10.6. The van der Waals surface area contributed by atoms with Crippen LogP contribution in [0.2, 0.25) is 0 Å². The van der Waals surface area contributed by atoms with E-state index in [0.29, 0.717) is 0 Å². The van der Waals surface area contributed by atoms with Crippen LogP contribution in [0.5, 0.6) is 0 Å². The van der Waals surface area contributed by atoms with E-state index in [2.05, 4.69) is 0 Å². The van der Waals surface area contributed by atoms with Crippen molar-refractivity contribution in [1.82, 2.24) is 0 Å². The summed E-state index contributed by atoms with van der Waals surface area (Å²) in [6, 6.07) is 0. The molecule has 0 rings (SSSR count). The van der Waals surface area contributed by atoms with Gasteiger partial charge in [0.05, 0.1) is 0 Å². The van der Waals surface area contributed by atoms with Gasteiger partial charge in [-0.05, 0) is 0 Å². The lowest BCUT2D eigenvalue weighted by atomic mass is 11.0. The smallest absolute Gasteiger partial charge is 0.0331 e. The fraction of sp³-hybridized carbons (Fsp3) is 1.00. The third-order valence-corrected chi connectivity index (χ3v) is 5.47. The molecule has 0 aliphatic heterocycles. The molecule has 0 saturated heterocycles. The van der Waals surface area contributed by atoms with Crippen LogP contribution in [0, 0.1) is 0 Å². The second-order valence-electron chi connectivity index (χ2n) is 2.20. The van der Waals surface area contributed by atoms with E-state index < -0.39 is 21.6 Å². The lowest BCUT2D eigenvalue weighted by Crippen LogP contribution is -1.97. The molecule has 0 bridgehead atoms. The van der Waals surface area contributed by atoms with Gasteiger partial charge in [0.1, 0.15) is 0 Å². The topological polar surface area (TPSA) is 34.1 Å². The molecule has 2 unspecified atom stereocenters. The molecule has 0 radical (unpaired) electrons. The Balaban J connectivity index is 3.01. The molecule has 0 aromatic heterocycles. The van der Waals surface area contributed by atoms with E-state index in [1.165, 1.54) is 0 Å². The molecule has 0 saturated carbocycles. The summed E-state index contributed by atoms with van der Waals surface area (Å²) in [7, 11) is 2.08. The van der Waals surface area contributed by atoms with Gasteiger partial charge in [-0.1, -0.05) is 21.6 Å². The van der Waals surface area contributed by atoms with E-state index in [0.717, 1.165) is 23.0 Å². The summed E-state index contributed by atoms with van der Waals surface area (Å²) < 4.78 is 21.2. The van der Waals surface area contributed by atoms with Gasteiger partial charge in [0.15, 0.2) is 0 Å². The first kappa shape index (κ1) is 13.0. The normalized spacial score (nSPS) is 15.8. The van der Waals surface area contributed by atoms with Crippen LogP contribution in [0.4, 0.5) is 0 Å². The van der Waals surface area contributed by atoms with Crippen molar-refractivity contribution in [2.75, 3.05) is 35.5 Å². The van der Waals surface area contributed by atoms with Gasteiger partial charge in [0.2, 0.25) is 0 Å². The molecule has 0 heterocycles. The van der Waals surface area contributed by atoms with Gasteiger partial charge in [-0.3, -0.25) is 8.42 Å². The van der Waals surface area contributed by atoms with Crippen LogP contribution in [0.25, 0.3) is 0 Å². The van der Waals surface area contributed by atoms with Crippen molar-refractivity contribution in [3.8, 4) is 0 Å². The molecule has 0 aromatic carbocycles. The lowest BCUT2D eigenvalue weighted by Gasteiger charge is -1.97. The SMILES string of the molecule is CS(=O)CCSSCCS(C)=O. The van der Waals surface area contributed by atoms with Crippen LogP contribution in [-0.4, -0.2) is 43.9 Å². The molecular weight excluding hydrogens is 232 g/mol. The maximum Gasteiger partial charge on any atom is 0.0331 e. The Morgan fingerprint density at radius 1 is 0.917 bits per heavy atom. The predicted octanol–water partition coefficient (Wildman–Crippen LogP) is 1.12. The second-order valence-corrected chi connectivity index (χ2v) is 8.01. The molecule has 0 spiro atoms. The molecule has 0 aliphatic carbocycles. The van der Waals surface area contributed by atoms with Crippen LogP contribution < -0.4 is 0 Å². The third-order valence-electron chi connectivity index (χ3n) is 0.992. The average molecular weight is 246 g/mol. The number of hydrogen-bond donors (Lipinski definition) is 0. The van der Waals surface area contributed by atoms with E-state index in [-0.39, 0.29) is 0 Å². The molecule has 12 heavy (non-hydrogen) atoms. The van der Waals surface area contributed by atoms with Crippen molar-refractivity contribution < 1.29 is 8.42 Å². The first-order chi connectivity index (χ1) is 5.63. The summed E-state index contributed by atoms with van der Waals surface area (Å²) in [5.41, 5.74) is 0. The minimum Gasteiger partial charge on any atom is -0.260 e. The summed E-state index contributed by atoms with van der Waals surface area (Å²) in [5, 5.41) is 0. The highest BCUT2D eigenvalue weighted by atomic mass is 33.1. The Morgan fingerprint density at radius 2 is 1.25 bits per heavy atom. The molecule has 2 atom stereocenters. The van der Waals surface area contributed by atoms with Gasteiger partial charge in [-0.15, -0.1) is 0 Å². The van der Waals surface area contributed by atoms with Gasteiger partial charge in [0.25, 0.3) is 0 Å². The molecule has 0 aliphatic rings. The Kier molecular flexibility index (Phi) is 9.31. The van der Waals surface area contributed by atoms with Gasteiger partial charge in [0, 0.05) is 57.1 Å². The van der Waals surface area contributed by atoms with Crippen molar-refractivity contribution in [1.29, 1.82) is 0 Å². The molecule has 74 valence electrons. The molecule has 2 nitrogen and oxygen atoms in total. The second kappa shape index (κ2) is 8.59. The van der Waals surface area contributed by atoms with Gasteiger partial charge in [-0.25, -0.2) is 0 Å². The van der Waals surface area contributed by atoms with E-state index >= 15 is 0 Å². The average Bonchev–Trinajstić information content (AvgIpc) is 1.95. The fourth-order valence-corrected chi connectivity index (χ4v) is 5.01. The third kappa shape index (κ3) is 11.0. The first-order valence-corrected chi connectivity index (χ1v) is 9.41. The van der Waals surface area contributed by atoms with Crippen LogP contribution in [0.15, 0.2) is 0 Å². The van der Waals surface area contributed by atoms with Crippen LogP contribution in [0.3, 0.4) is 0 Å². The quantitative estimate of drug-likeness (QED) is 0.498.